The van der Waals surface area contributed by atoms with Crippen LogP contribution < -0.4 is 4.90 Å². The normalized spacial score (nSPS) is 10.3. The molecule has 0 unspecified atom stereocenters. The Morgan fingerprint density at radius 2 is 1.78 bits per heavy atom. The Morgan fingerprint density at radius 3 is 2.39 bits per heavy atom. The van der Waals surface area contributed by atoms with Gasteiger partial charge in [-0.3, -0.25) is 0 Å². The Kier molecular flexibility index (Phi) is 4.05. The molecule has 0 atom stereocenters. The molecule has 0 aliphatic rings. The lowest BCUT2D eigenvalue weighted by atomic mass is 10.1. The van der Waals surface area contributed by atoms with E-state index in [1.807, 2.05) is 67.5 Å². The standard InChI is InChI=1S/C18H15ClN4/c1-22(2)15-9-7-13(8-10-15)18-11-14(12-20)21-23(18)17-6-4-3-5-16(17)19/h3-11H,1-2H3. The first kappa shape index (κ1) is 15.1. The second kappa shape index (κ2) is 6.15. The first-order chi connectivity index (χ1) is 11.1. The average molecular weight is 323 g/mol. The van der Waals surface area contributed by atoms with Crippen molar-refractivity contribution >= 4 is 17.3 Å². The fourth-order valence-electron chi connectivity index (χ4n) is 2.38. The van der Waals surface area contributed by atoms with Crippen molar-refractivity contribution in [1.29, 1.82) is 5.26 Å². The van der Waals surface area contributed by atoms with Crippen LogP contribution in [0, 0.1) is 11.3 Å². The molecule has 1 heterocycles. The summed E-state index contributed by atoms with van der Waals surface area (Å²) in [6, 6.07) is 19.4. The quantitative estimate of drug-likeness (QED) is 0.728. The zero-order valence-corrected chi connectivity index (χ0v) is 13.6. The van der Waals surface area contributed by atoms with Gasteiger partial charge in [-0.2, -0.15) is 10.4 Å². The van der Waals surface area contributed by atoms with Gasteiger partial charge in [-0.1, -0.05) is 35.9 Å². The summed E-state index contributed by atoms with van der Waals surface area (Å²) in [4.78, 5) is 2.04. The van der Waals surface area contributed by atoms with Crippen molar-refractivity contribution in [2.24, 2.45) is 0 Å². The Bertz CT molecular complexity index is 873. The summed E-state index contributed by atoms with van der Waals surface area (Å²) in [5.41, 5.74) is 4.03. The molecule has 0 saturated carbocycles. The highest BCUT2D eigenvalue weighted by Gasteiger charge is 2.13. The second-order valence-electron chi connectivity index (χ2n) is 5.33. The zero-order valence-electron chi connectivity index (χ0n) is 12.9. The molecule has 4 nitrogen and oxygen atoms in total. The summed E-state index contributed by atoms with van der Waals surface area (Å²) in [7, 11) is 3.99. The number of anilines is 1. The number of nitrogens with zero attached hydrogens (tertiary/aromatic N) is 4. The van der Waals surface area contributed by atoms with Crippen molar-refractivity contribution in [3.8, 4) is 23.0 Å². The third-order valence-corrected chi connectivity index (χ3v) is 3.90. The first-order valence-electron chi connectivity index (χ1n) is 7.13. The van der Waals surface area contributed by atoms with Gasteiger partial charge < -0.3 is 4.90 Å². The fraction of sp³-hybridized carbons (Fsp3) is 0.111. The van der Waals surface area contributed by atoms with Crippen LogP contribution >= 0.6 is 11.6 Å². The van der Waals surface area contributed by atoms with Crippen LogP contribution in [-0.2, 0) is 0 Å². The predicted octanol–water partition coefficient (Wildman–Crippen LogP) is 4.13. The van der Waals surface area contributed by atoms with E-state index < -0.39 is 0 Å². The van der Waals surface area contributed by atoms with Gasteiger partial charge in [0.25, 0.3) is 0 Å². The van der Waals surface area contributed by atoms with Crippen molar-refractivity contribution in [2.45, 2.75) is 0 Å². The van der Waals surface area contributed by atoms with Gasteiger partial charge >= 0.3 is 0 Å². The van der Waals surface area contributed by atoms with Crippen LogP contribution in [0.25, 0.3) is 16.9 Å². The van der Waals surface area contributed by atoms with E-state index >= 15 is 0 Å². The summed E-state index contributed by atoms with van der Waals surface area (Å²) < 4.78 is 1.71. The topological polar surface area (TPSA) is 44.9 Å². The molecule has 1 aromatic heterocycles. The number of nitriles is 1. The summed E-state index contributed by atoms with van der Waals surface area (Å²) in [5.74, 6) is 0. The minimum absolute atomic E-state index is 0.358. The second-order valence-corrected chi connectivity index (χ2v) is 5.74. The number of aromatic nitrogens is 2. The molecular weight excluding hydrogens is 308 g/mol. The molecule has 0 amide bonds. The van der Waals surface area contributed by atoms with Gasteiger partial charge in [0.05, 0.1) is 16.4 Å². The van der Waals surface area contributed by atoms with Crippen molar-refractivity contribution in [1.82, 2.24) is 9.78 Å². The van der Waals surface area contributed by atoms with E-state index in [2.05, 4.69) is 11.2 Å². The van der Waals surface area contributed by atoms with Crippen LogP contribution in [0.5, 0.6) is 0 Å². The molecule has 0 bridgehead atoms. The molecule has 0 N–H and O–H groups in total. The van der Waals surface area contributed by atoms with Crippen LogP contribution in [0.2, 0.25) is 5.02 Å². The van der Waals surface area contributed by atoms with Crippen molar-refractivity contribution < 1.29 is 0 Å². The Hall–Kier alpha value is -2.77. The van der Waals surface area contributed by atoms with Gasteiger partial charge in [0.1, 0.15) is 6.07 Å². The third-order valence-electron chi connectivity index (χ3n) is 3.58. The van der Waals surface area contributed by atoms with Gasteiger partial charge in [0.15, 0.2) is 5.69 Å². The SMILES string of the molecule is CN(C)c1ccc(-c2cc(C#N)nn2-c2ccccc2Cl)cc1. The maximum atomic E-state index is 9.19. The van der Waals surface area contributed by atoms with E-state index in [9.17, 15) is 5.26 Å². The number of halogens is 1. The van der Waals surface area contributed by atoms with Gasteiger partial charge in [-0.15, -0.1) is 0 Å². The molecule has 0 spiro atoms. The molecule has 0 radical (unpaired) electrons. The molecule has 114 valence electrons. The van der Waals surface area contributed by atoms with E-state index in [1.165, 1.54) is 0 Å². The van der Waals surface area contributed by atoms with Gasteiger partial charge in [0.2, 0.25) is 0 Å². The van der Waals surface area contributed by atoms with Crippen LogP contribution in [0.3, 0.4) is 0 Å². The maximum Gasteiger partial charge on any atom is 0.163 e. The summed E-state index contributed by atoms with van der Waals surface area (Å²) >= 11 is 6.29. The fourth-order valence-corrected chi connectivity index (χ4v) is 2.59. The zero-order chi connectivity index (χ0) is 16.4. The predicted molar refractivity (Wildman–Crippen MR) is 93.1 cm³/mol. The van der Waals surface area contributed by atoms with E-state index in [0.717, 1.165) is 22.6 Å². The molecule has 5 heteroatoms. The molecular formula is C18H15ClN4. The first-order valence-corrected chi connectivity index (χ1v) is 7.51. The summed E-state index contributed by atoms with van der Waals surface area (Å²) in [6.45, 7) is 0. The molecule has 2 aromatic carbocycles. The monoisotopic (exact) mass is 322 g/mol. The highest BCUT2D eigenvalue weighted by Crippen LogP contribution is 2.28. The smallest absolute Gasteiger partial charge is 0.163 e. The largest absolute Gasteiger partial charge is 0.378 e. The molecule has 0 saturated heterocycles. The molecule has 0 aliphatic carbocycles. The molecule has 23 heavy (non-hydrogen) atoms. The third kappa shape index (κ3) is 2.92. The maximum absolute atomic E-state index is 9.19. The minimum Gasteiger partial charge on any atom is -0.378 e. The number of para-hydroxylation sites is 1. The highest BCUT2D eigenvalue weighted by molar-refractivity contribution is 6.32. The molecule has 0 fully saturated rings. The number of hydrogen-bond donors (Lipinski definition) is 0. The van der Waals surface area contributed by atoms with Gasteiger partial charge in [-0.05, 0) is 24.3 Å². The number of hydrogen-bond acceptors (Lipinski definition) is 3. The lowest BCUT2D eigenvalue weighted by Gasteiger charge is -2.13. The Labute approximate surface area is 140 Å². The van der Waals surface area contributed by atoms with E-state index in [4.69, 9.17) is 11.6 Å². The summed E-state index contributed by atoms with van der Waals surface area (Å²) in [5, 5.41) is 14.1. The lowest BCUT2D eigenvalue weighted by molar-refractivity contribution is 0.880. The van der Waals surface area contributed by atoms with Crippen LogP contribution in [0.4, 0.5) is 5.69 Å². The van der Waals surface area contributed by atoms with Crippen LogP contribution in [0.1, 0.15) is 5.69 Å². The van der Waals surface area contributed by atoms with Gasteiger partial charge in [-0.25, -0.2) is 4.68 Å². The van der Waals surface area contributed by atoms with Crippen LogP contribution in [0.15, 0.2) is 54.6 Å². The van der Waals surface area contributed by atoms with E-state index in [1.54, 1.807) is 10.7 Å². The van der Waals surface area contributed by atoms with E-state index in [0.29, 0.717) is 10.7 Å². The lowest BCUT2D eigenvalue weighted by Crippen LogP contribution is -2.08. The highest BCUT2D eigenvalue weighted by atomic mass is 35.5. The molecule has 3 aromatic rings. The van der Waals surface area contributed by atoms with Gasteiger partial charge in [0, 0.05) is 31.4 Å². The van der Waals surface area contributed by atoms with Crippen molar-refractivity contribution in [3.05, 3.63) is 65.3 Å². The molecule has 3 rings (SSSR count). The Morgan fingerprint density at radius 1 is 1.09 bits per heavy atom. The number of rotatable bonds is 3. The Balaban J connectivity index is 2.14. The average Bonchev–Trinajstić information content (AvgIpc) is 2.99. The van der Waals surface area contributed by atoms with Crippen molar-refractivity contribution in [2.75, 3.05) is 19.0 Å². The molecule has 0 aliphatic heterocycles. The van der Waals surface area contributed by atoms with Crippen LogP contribution in [-0.4, -0.2) is 23.9 Å². The van der Waals surface area contributed by atoms with Crippen molar-refractivity contribution in [3.63, 3.8) is 0 Å². The minimum atomic E-state index is 0.358. The summed E-state index contributed by atoms with van der Waals surface area (Å²) in [6.07, 6.45) is 0. The van der Waals surface area contributed by atoms with E-state index in [-0.39, 0.29) is 0 Å². The number of benzene rings is 2.